The van der Waals surface area contributed by atoms with Crippen molar-refractivity contribution < 1.29 is 9.53 Å². The normalized spacial score (nSPS) is 15.1. The summed E-state index contributed by atoms with van der Waals surface area (Å²) < 4.78 is 5.22. The molecule has 3 rings (SSSR count). The van der Waals surface area contributed by atoms with Gasteiger partial charge in [-0.1, -0.05) is 6.58 Å². The fourth-order valence-electron chi connectivity index (χ4n) is 2.94. The number of anilines is 1. The summed E-state index contributed by atoms with van der Waals surface area (Å²) in [5.41, 5.74) is 1.79. The molecular formula is C19H22N4O3. The van der Waals surface area contributed by atoms with E-state index in [0.717, 1.165) is 5.56 Å². The van der Waals surface area contributed by atoms with E-state index >= 15 is 0 Å². The predicted octanol–water partition coefficient (Wildman–Crippen LogP) is 1.89. The van der Waals surface area contributed by atoms with E-state index < -0.39 is 0 Å². The van der Waals surface area contributed by atoms with E-state index in [1.54, 1.807) is 36.5 Å². The second-order valence-electron chi connectivity index (χ2n) is 6.35. The molecule has 1 atom stereocenters. The lowest BCUT2D eigenvalue weighted by atomic mass is 9.92. The Hall–Kier alpha value is -3.09. The third kappa shape index (κ3) is 3.61. The van der Waals surface area contributed by atoms with Gasteiger partial charge in [0.15, 0.2) is 0 Å². The SMILES string of the molecule is C=CC(=O)N1CC(C(C)Nc2cc(-c3cc(OC)ccn3)c[nH]c2=O)C1. The molecule has 1 amide bonds. The maximum Gasteiger partial charge on any atom is 0.271 e. The summed E-state index contributed by atoms with van der Waals surface area (Å²) >= 11 is 0. The van der Waals surface area contributed by atoms with E-state index in [2.05, 4.69) is 21.9 Å². The molecule has 0 aromatic carbocycles. The summed E-state index contributed by atoms with van der Waals surface area (Å²) in [5, 5.41) is 3.26. The largest absolute Gasteiger partial charge is 0.497 e. The Kier molecular flexibility index (Phi) is 5.06. The number of methoxy groups -OCH3 is 1. The van der Waals surface area contributed by atoms with Crippen molar-refractivity contribution in [2.75, 3.05) is 25.5 Å². The lowest BCUT2D eigenvalue weighted by Crippen LogP contribution is -2.55. The van der Waals surface area contributed by atoms with Gasteiger partial charge >= 0.3 is 0 Å². The van der Waals surface area contributed by atoms with E-state index in [0.29, 0.717) is 30.2 Å². The van der Waals surface area contributed by atoms with Gasteiger partial charge in [-0.05, 0) is 25.1 Å². The lowest BCUT2D eigenvalue weighted by molar-refractivity contribution is -0.132. The second kappa shape index (κ2) is 7.43. The van der Waals surface area contributed by atoms with Gasteiger partial charge in [0.25, 0.3) is 5.56 Å². The van der Waals surface area contributed by atoms with Gasteiger partial charge in [-0.3, -0.25) is 14.6 Å². The fraction of sp³-hybridized carbons (Fsp3) is 0.316. The number of nitrogens with one attached hydrogen (secondary N) is 2. The zero-order valence-electron chi connectivity index (χ0n) is 14.9. The lowest BCUT2D eigenvalue weighted by Gasteiger charge is -2.42. The Morgan fingerprint density at radius 1 is 1.50 bits per heavy atom. The number of amides is 1. The molecule has 0 radical (unpaired) electrons. The molecule has 1 fully saturated rings. The first kappa shape index (κ1) is 17.7. The number of hydrogen-bond donors (Lipinski definition) is 2. The number of likely N-dealkylation sites (tertiary alicyclic amines) is 1. The molecule has 0 bridgehead atoms. The van der Waals surface area contributed by atoms with Crippen LogP contribution in [-0.4, -0.2) is 47.0 Å². The highest BCUT2D eigenvalue weighted by molar-refractivity contribution is 5.87. The standard InChI is InChI=1S/C19H22N4O3/c1-4-18(24)23-10-14(11-23)12(2)22-17-7-13(9-21-19(17)25)16-8-15(26-3)5-6-20-16/h4-9,12,14,22H,1,10-11H2,2-3H3,(H,21,25). The van der Waals surface area contributed by atoms with Crippen LogP contribution in [0.3, 0.4) is 0 Å². The molecule has 0 spiro atoms. The summed E-state index contributed by atoms with van der Waals surface area (Å²) in [5.74, 6) is 0.930. The quantitative estimate of drug-likeness (QED) is 0.774. The number of aromatic amines is 1. The zero-order chi connectivity index (χ0) is 18.7. The van der Waals surface area contributed by atoms with E-state index in [9.17, 15) is 9.59 Å². The van der Waals surface area contributed by atoms with Crippen molar-refractivity contribution in [1.82, 2.24) is 14.9 Å². The Morgan fingerprint density at radius 3 is 2.96 bits per heavy atom. The first-order chi connectivity index (χ1) is 12.5. The van der Waals surface area contributed by atoms with Crippen molar-refractivity contribution in [1.29, 1.82) is 0 Å². The average molecular weight is 354 g/mol. The number of hydrogen-bond acceptors (Lipinski definition) is 5. The highest BCUT2D eigenvalue weighted by atomic mass is 16.5. The highest BCUT2D eigenvalue weighted by Gasteiger charge is 2.33. The van der Waals surface area contributed by atoms with E-state index in [1.807, 2.05) is 13.0 Å². The molecule has 0 aliphatic carbocycles. The van der Waals surface area contributed by atoms with Crippen LogP contribution >= 0.6 is 0 Å². The molecule has 2 aromatic heterocycles. The van der Waals surface area contributed by atoms with Gasteiger partial charge < -0.3 is 19.9 Å². The molecule has 7 nitrogen and oxygen atoms in total. The summed E-state index contributed by atoms with van der Waals surface area (Å²) in [6.07, 6.45) is 4.62. The second-order valence-corrected chi connectivity index (χ2v) is 6.35. The number of carbonyl (C=O) groups excluding carboxylic acids is 1. The minimum absolute atomic E-state index is 0.0542. The van der Waals surface area contributed by atoms with Gasteiger partial charge in [0.1, 0.15) is 11.4 Å². The van der Waals surface area contributed by atoms with Gasteiger partial charge in [-0.15, -0.1) is 0 Å². The van der Waals surface area contributed by atoms with E-state index in [4.69, 9.17) is 4.74 Å². The number of H-pyrrole nitrogens is 1. The topological polar surface area (TPSA) is 87.3 Å². The van der Waals surface area contributed by atoms with Crippen molar-refractivity contribution in [3.8, 4) is 17.0 Å². The smallest absolute Gasteiger partial charge is 0.271 e. The molecular weight excluding hydrogens is 332 g/mol. The van der Waals surface area contributed by atoms with E-state index in [-0.39, 0.29) is 23.4 Å². The molecule has 1 saturated heterocycles. The van der Waals surface area contributed by atoms with Crippen LogP contribution in [0.4, 0.5) is 5.69 Å². The Morgan fingerprint density at radius 2 is 2.27 bits per heavy atom. The van der Waals surface area contributed by atoms with Gasteiger partial charge in [0.2, 0.25) is 5.91 Å². The van der Waals surface area contributed by atoms with Gasteiger partial charge in [-0.25, -0.2) is 0 Å². The molecule has 7 heteroatoms. The maximum atomic E-state index is 12.2. The molecule has 136 valence electrons. The Labute approximate surface area is 151 Å². The molecule has 0 saturated carbocycles. The van der Waals surface area contributed by atoms with Crippen LogP contribution in [0.5, 0.6) is 5.75 Å². The van der Waals surface area contributed by atoms with E-state index in [1.165, 1.54) is 6.08 Å². The zero-order valence-corrected chi connectivity index (χ0v) is 14.9. The average Bonchev–Trinajstić information content (AvgIpc) is 2.62. The van der Waals surface area contributed by atoms with Crippen LogP contribution in [0.2, 0.25) is 0 Å². The molecule has 1 unspecified atom stereocenters. The molecule has 1 aliphatic heterocycles. The first-order valence-corrected chi connectivity index (χ1v) is 8.43. The van der Waals surface area contributed by atoms with Crippen molar-refractivity contribution >= 4 is 11.6 Å². The number of pyridine rings is 2. The van der Waals surface area contributed by atoms with Gasteiger partial charge in [0.05, 0.1) is 12.8 Å². The summed E-state index contributed by atoms with van der Waals surface area (Å²) in [4.78, 5) is 32.5. The fourth-order valence-corrected chi connectivity index (χ4v) is 2.94. The van der Waals surface area contributed by atoms with Crippen LogP contribution in [0, 0.1) is 5.92 Å². The van der Waals surface area contributed by atoms with Crippen molar-refractivity contribution in [3.05, 3.63) is 53.6 Å². The van der Waals surface area contributed by atoms with Gasteiger partial charge in [0, 0.05) is 49.1 Å². The Balaban J connectivity index is 1.73. The predicted molar refractivity (Wildman–Crippen MR) is 100 cm³/mol. The number of aromatic nitrogens is 2. The van der Waals surface area contributed by atoms with Crippen molar-refractivity contribution in [3.63, 3.8) is 0 Å². The maximum absolute atomic E-state index is 12.2. The summed E-state index contributed by atoms with van der Waals surface area (Å²) in [6, 6.07) is 5.41. The third-order valence-corrected chi connectivity index (χ3v) is 4.65. The molecule has 2 aromatic rings. The highest BCUT2D eigenvalue weighted by Crippen LogP contribution is 2.24. The first-order valence-electron chi connectivity index (χ1n) is 8.43. The minimum atomic E-state index is -0.193. The van der Waals surface area contributed by atoms with Crippen LogP contribution in [0.1, 0.15) is 6.92 Å². The van der Waals surface area contributed by atoms with Crippen molar-refractivity contribution in [2.24, 2.45) is 5.92 Å². The van der Waals surface area contributed by atoms with Crippen LogP contribution in [-0.2, 0) is 4.79 Å². The third-order valence-electron chi connectivity index (χ3n) is 4.65. The Bertz CT molecular complexity index is 871. The number of ether oxygens (including phenoxy) is 1. The van der Waals surface area contributed by atoms with Crippen LogP contribution in [0.15, 0.2) is 48.0 Å². The summed E-state index contributed by atoms with van der Waals surface area (Å²) in [7, 11) is 1.60. The van der Waals surface area contributed by atoms with Crippen LogP contribution < -0.4 is 15.6 Å². The monoisotopic (exact) mass is 354 g/mol. The number of nitrogens with zero attached hydrogens (tertiary/aromatic N) is 2. The van der Waals surface area contributed by atoms with Crippen molar-refractivity contribution in [2.45, 2.75) is 13.0 Å². The minimum Gasteiger partial charge on any atom is -0.497 e. The number of rotatable bonds is 6. The summed E-state index contributed by atoms with van der Waals surface area (Å²) in [6.45, 7) is 6.83. The molecule has 3 heterocycles. The molecule has 26 heavy (non-hydrogen) atoms. The molecule has 1 aliphatic rings. The van der Waals surface area contributed by atoms with Gasteiger partial charge in [-0.2, -0.15) is 0 Å². The number of carbonyl (C=O) groups is 1. The van der Waals surface area contributed by atoms with Crippen LogP contribution in [0.25, 0.3) is 11.3 Å². The molecule has 2 N–H and O–H groups in total.